The van der Waals surface area contributed by atoms with Crippen LogP contribution in [0.5, 0.6) is 5.75 Å². The minimum absolute atomic E-state index is 0.142. The number of ether oxygens (including phenoxy) is 1. The van der Waals surface area contributed by atoms with Crippen molar-refractivity contribution in [2.24, 2.45) is 0 Å². The van der Waals surface area contributed by atoms with Crippen molar-refractivity contribution in [3.8, 4) is 11.8 Å². The largest absolute Gasteiger partial charge is 0.497 e. The van der Waals surface area contributed by atoms with Gasteiger partial charge in [0, 0.05) is 30.0 Å². The Bertz CT molecular complexity index is 1130. The molecule has 3 aromatic rings. The van der Waals surface area contributed by atoms with Crippen molar-refractivity contribution in [3.05, 3.63) is 89.7 Å². The molecular formula is C24H21FN4O3. The molecule has 2 N–H and O–H groups in total. The molecule has 0 aliphatic carbocycles. The second-order valence-corrected chi connectivity index (χ2v) is 6.74. The van der Waals surface area contributed by atoms with Gasteiger partial charge in [-0.1, -0.05) is 6.07 Å². The molecule has 0 heterocycles. The van der Waals surface area contributed by atoms with E-state index in [2.05, 4.69) is 10.6 Å². The molecule has 3 rings (SSSR count). The molecule has 0 saturated heterocycles. The number of rotatable bonds is 7. The van der Waals surface area contributed by atoms with E-state index in [1.165, 1.54) is 36.3 Å². The molecule has 0 bridgehead atoms. The van der Waals surface area contributed by atoms with E-state index in [4.69, 9.17) is 10.00 Å². The van der Waals surface area contributed by atoms with E-state index in [0.29, 0.717) is 28.3 Å². The first-order valence-electron chi connectivity index (χ1n) is 9.76. The van der Waals surface area contributed by atoms with E-state index in [1.807, 2.05) is 6.07 Å². The molecule has 3 amide bonds. The number of methoxy groups -OCH3 is 1. The summed E-state index contributed by atoms with van der Waals surface area (Å²) < 4.78 is 18.5. The van der Waals surface area contributed by atoms with Gasteiger partial charge in [-0.25, -0.2) is 9.18 Å². The Hall–Kier alpha value is -4.38. The van der Waals surface area contributed by atoms with Crippen LogP contribution in [0.25, 0.3) is 0 Å². The van der Waals surface area contributed by atoms with Crippen LogP contribution in [-0.2, 0) is 0 Å². The number of benzene rings is 3. The van der Waals surface area contributed by atoms with Crippen LogP contribution in [0.15, 0.2) is 72.8 Å². The van der Waals surface area contributed by atoms with Gasteiger partial charge in [-0.3, -0.25) is 4.79 Å². The maximum Gasteiger partial charge on any atom is 0.319 e. The number of nitrogens with one attached hydrogen (secondary N) is 2. The quantitative estimate of drug-likeness (QED) is 0.586. The van der Waals surface area contributed by atoms with E-state index in [9.17, 15) is 14.0 Å². The van der Waals surface area contributed by atoms with E-state index >= 15 is 0 Å². The fourth-order valence-electron chi connectivity index (χ4n) is 2.98. The summed E-state index contributed by atoms with van der Waals surface area (Å²) in [6.07, 6.45) is 0. The van der Waals surface area contributed by atoms with Crippen molar-refractivity contribution in [1.29, 1.82) is 5.26 Å². The average Bonchev–Trinajstić information content (AvgIpc) is 2.82. The normalized spacial score (nSPS) is 10.0. The highest BCUT2D eigenvalue weighted by Crippen LogP contribution is 2.19. The minimum Gasteiger partial charge on any atom is -0.497 e. The lowest BCUT2D eigenvalue weighted by Gasteiger charge is -2.23. The molecule has 3 aromatic carbocycles. The van der Waals surface area contributed by atoms with Gasteiger partial charge in [0.05, 0.1) is 18.7 Å². The molecule has 0 aliphatic rings. The number of hydrogen-bond acceptors (Lipinski definition) is 4. The number of nitrogens with zero attached hydrogens (tertiary/aromatic N) is 2. The van der Waals surface area contributed by atoms with Crippen molar-refractivity contribution < 1.29 is 18.7 Å². The Morgan fingerprint density at radius 2 is 1.78 bits per heavy atom. The summed E-state index contributed by atoms with van der Waals surface area (Å²) in [5.74, 6) is -0.0976. The van der Waals surface area contributed by atoms with Crippen molar-refractivity contribution in [1.82, 2.24) is 5.32 Å². The number of urea groups is 1. The van der Waals surface area contributed by atoms with Crippen LogP contribution in [0.1, 0.15) is 15.9 Å². The fraction of sp³-hybridized carbons (Fsp3) is 0.125. The molecule has 0 aromatic heterocycles. The summed E-state index contributed by atoms with van der Waals surface area (Å²) in [7, 11) is 1.54. The average molecular weight is 432 g/mol. The van der Waals surface area contributed by atoms with Crippen molar-refractivity contribution in [2.45, 2.75) is 0 Å². The molecule has 0 saturated carbocycles. The molecule has 0 unspecified atom stereocenters. The summed E-state index contributed by atoms with van der Waals surface area (Å²) in [6, 6.07) is 20.2. The fourth-order valence-corrected chi connectivity index (χ4v) is 2.98. The lowest BCUT2D eigenvalue weighted by atomic mass is 10.1. The zero-order valence-electron chi connectivity index (χ0n) is 17.3. The smallest absolute Gasteiger partial charge is 0.319 e. The summed E-state index contributed by atoms with van der Waals surface area (Å²) in [5, 5.41) is 14.3. The van der Waals surface area contributed by atoms with Gasteiger partial charge in [0.15, 0.2) is 0 Å². The number of hydrogen-bond donors (Lipinski definition) is 2. The number of carbonyl (C=O) groups is 2. The first kappa shape index (κ1) is 22.3. The predicted molar refractivity (Wildman–Crippen MR) is 119 cm³/mol. The molecule has 0 atom stereocenters. The highest BCUT2D eigenvalue weighted by molar-refractivity contribution is 6.06. The van der Waals surface area contributed by atoms with Gasteiger partial charge < -0.3 is 20.3 Å². The standard InChI is InChI=1S/C24H21FN4O3/c1-32-22-11-5-18(6-12-22)23(30)29(21-9-7-19(25)8-10-21)14-13-27-24(31)28-20-4-2-3-17(15-20)16-26/h2-12,15H,13-14H2,1H3,(H2,27,28,31). The lowest BCUT2D eigenvalue weighted by Crippen LogP contribution is -2.40. The Balaban J connectivity index is 1.68. The third kappa shape index (κ3) is 5.83. The van der Waals surface area contributed by atoms with Crippen molar-refractivity contribution in [2.75, 3.05) is 30.4 Å². The van der Waals surface area contributed by atoms with E-state index < -0.39 is 11.8 Å². The van der Waals surface area contributed by atoms with Crippen LogP contribution in [0, 0.1) is 17.1 Å². The molecule has 0 radical (unpaired) electrons. The Morgan fingerprint density at radius 3 is 2.44 bits per heavy atom. The van der Waals surface area contributed by atoms with Crippen LogP contribution < -0.4 is 20.3 Å². The molecule has 0 spiro atoms. The molecule has 8 heteroatoms. The van der Waals surface area contributed by atoms with Gasteiger partial charge in [-0.05, 0) is 66.7 Å². The summed E-state index contributed by atoms with van der Waals surface area (Å²) in [5.41, 5.74) is 1.82. The second-order valence-electron chi connectivity index (χ2n) is 6.74. The van der Waals surface area contributed by atoms with Crippen molar-refractivity contribution >= 4 is 23.3 Å². The van der Waals surface area contributed by atoms with Gasteiger partial charge in [-0.2, -0.15) is 5.26 Å². The monoisotopic (exact) mass is 432 g/mol. The minimum atomic E-state index is -0.476. The van der Waals surface area contributed by atoms with Gasteiger partial charge in [0.1, 0.15) is 11.6 Å². The summed E-state index contributed by atoms with van der Waals surface area (Å²) in [4.78, 5) is 26.8. The number of carbonyl (C=O) groups excluding carboxylic acids is 2. The third-order valence-corrected chi connectivity index (χ3v) is 4.59. The number of anilines is 2. The van der Waals surface area contributed by atoms with Crippen LogP contribution in [0.3, 0.4) is 0 Å². The predicted octanol–water partition coefficient (Wildman–Crippen LogP) is 4.17. The highest BCUT2D eigenvalue weighted by atomic mass is 19.1. The number of halogens is 1. The van der Waals surface area contributed by atoms with Crippen LogP contribution in [0.2, 0.25) is 0 Å². The molecule has 7 nitrogen and oxygen atoms in total. The topological polar surface area (TPSA) is 94.5 Å². The van der Waals surface area contributed by atoms with Crippen LogP contribution >= 0.6 is 0 Å². The number of nitriles is 1. The lowest BCUT2D eigenvalue weighted by molar-refractivity contribution is 0.0987. The molecule has 162 valence electrons. The van der Waals surface area contributed by atoms with Crippen LogP contribution in [-0.4, -0.2) is 32.1 Å². The van der Waals surface area contributed by atoms with E-state index in [0.717, 1.165) is 0 Å². The maximum atomic E-state index is 13.4. The SMILES string of the molecule is COc1ccc(C(=O)N(CCNC(=O)Nc2cccc(C#N)c2)c2ccc(F)cc2)cc1. The first-order chi connectivity index (χ1) is 15.5. The van der Waals surface area contributed by atoms with Gasteiger partial charge in [-0.15, -0.1) is 0 Å². The molecule has 0 fully saturated rings. The number of amides is 3. The van der Waals surface area contributed by atoms with Gasteiger partial charge in [0.2, 0.25) is 0 Å². The Morgan fingerprint density at radius 1 is 1.06 bits per heavy atom. The highest BCUT2D eigenvalue weighted by Gasteiger charge is 2.18. The van der Waals surface area contributed by atoms with E-state index in [-0.39, 0.29) is 19.0 Å². The first-order valence-corrected chi connectivity index (χ1v) is 9.76. The zero-order valence-corrected chi connectivity index (χ0v) is 17.3. The third-order valence-electron chi connectivity index (χ3n) is 4.59. The summed E-state index contributed by atoms with van der Waals surface area (Å²) in [6.45, 7) is 0.297. The van der Waals surface area contributed by atoms with Gasteiger partial charge >= 0.3 is 6.03 Å². The maximum absolute atomic E-state index is 13.4. The van der Waals surface area contributed by atoms with Gasteiger partial charge in [0.25, 0.3) is 5.91 Å². The second kappa shape index (κ2) is 10.6. The van der Waals surface area contributed by atoms with Crippen molar-refractivity contribution in [3.63, 3.8) is 0 Å². The zero-order chi connectivity index (χ0) is 22.9. The molecular weight excluding hydrogens is 411 g/mol. The Kier molecular flexibility index (Phi) is 7.38. The molecule has 0 aliphatic heterocycles. The van der Waals surface area contributed by atoms with E-state index in [1.54, 1.807) is 48.5 Å². The summed E-state index contributed by atoms with van der Waals surface area (Å²) >= 11 is 0. The molecule has 32 heavy (non-hydrogen) atoms. The van der Waals surface area contributed by atoms with Crippen LogP contribution in [0.4, 0.5) is 20.6 Å². The Labute approximate surface area is 185 Å².